The highest BCUT2D eigenvalue weighted by Crippen LogP contribution is 2.34. The Morgan fingerprint density at radius 3 is 2.83 bits per heavy atom. The van der Waals surface area contributed by atoms with Gasteiger partial charge in [-0.3, -0.25) is 4.79 Å². The molecule has 2 N–H and O–H groups in total. The van der Waals surface area contributed by atoms with Crippen molar-refractivity contribution >= 4 is 5.91 Å². The van der Waals surface area contributed by atoms with E-state index in [4.69, 9.17) is 5.73 Å². The van der Waals surface area contributed by atoms with Crippen LogP contribution < -0.4 is 5.73 Å². The van der Waals surface area contributed by atoms with Crippen LogP contribution in [-0.4, -0.2) is 29.4 Å². The van der Waals surface area contributed by atoms with Gasteiger partial charge in [-0.15, -0.1) is 0 Å². The molecule has 1 unspecified atom stereocenters. The fraction of sp³-hybridized carbons (Fsp3) is 0.533. The average molecular weight is 244 g/mol. The average Bonchev–Trinajstić information content (AvgIpc) is 2.34. The summed E-state index contributed by atoms with van der Waals surface area (Å²) in [7, 11) is 0. The van der Waals surface area contributed by atoms with Crippen LogP contribution in [0.3, 0.4) is 0 Å². The number of likely N-dealkylation sites (tertiary alicyclic amines) is 1. The summed E-state index contributed by atoms with van der Waals surface area (Å²) in [6, 6.07) is 8.36. The summed E-state index contributed by atoms with van der Waals surface area (Å²) < 4.78 is 0. The predicted octanol–water partition coefficient (Wildman–Crippen LogP) is 1.67. The van der Waals surface area contributed by atoms with Gasteiger partial charge in [0.2, 0.25) is 5.91 Å². The van der Waals surface area contributed by atoms with Crippen LogP contribution in [0.4, 0.5) is 0 Å². The van der Waals surface area contributed by atoms with Crippen LogP contribution in [0.5, 0.6) is 0 Å². The van der Waals surface area contributed by atoms with Crippen molar-refractivity contribution in [1.82, 2.24) is 4.90 Å². The summed E-state index contributed by atoms with van der Waals surface area (Å²) in [6.07, 6.45) is 3.20. The van der Waals surface area contributed by atoms with Crippen LogP contribution in [0.1, 0.15) is 36.8 Å². The van der Waals surface area contributed by atoms with Crippen LogP contribution in [0.15, 0.2) is 24.3 Å². The smallest absolute Gasteiger partial charge is 0.230 e. The van der Waals surface area contributed by atoms with Gasteiger partial charge < -0.3 is 10.6 Å². The lowest BCUT2D eigenvalue weighted by molar-refractivity contribution is -0.140. The number of nitrogens with two attached hydrogens (primary N) is 1. The molecule has 3 rings (SSSR count). The molecule has 18 heavy (non-hydrogen) atoms. The molecule has 0 aromatic heterocycles. The van der Waals surface area contributed by atoms with Gasteiger partial charge in [0.15, 0.2) is 0 Å². The molecule has 1 heterocycles. The normalized spacial score (nSPS) is 25.2. The fourth-order valence-corrected chi connectivity index (χ4v) is 3.21. The number of carbonyl (C=O) groups excluding carboxylic acids is 1. The Kier molecular flexibility index (Phi) is 2.67. The number of nitrogens with zero attached hydrogens (tertiary/aromatic N) is 1. The highest BCUT2D eigenvalue weighted by molar-refractivity contribution is 5.85. The van der Waals surface area contributed by atoms with Crippen molar-refractivity contribution in [3.05, 3.63) is 35.4 Å². The summed E-state index contributed by atoms with van der Waals surface area (Å²) >= 11 is 0. The molecule has 2 aliphatic rings. The zero-order valence-electron chi connectivity index (χ0n) is 10.9. The van der Waals surface area contributed by atoms with Crippen molar-refractivity contribution in [3.63, 3.8) is 0 Å². The van der Waals surface area contributed by atoms with E-state index in [-0.39, 0.29) is 17.4 Å². The van der Waals surface area contributed by atoms with E-state index < -0.39 is 0 Å². The van der Waals surface area contributed by atoms with Crippen molar-refractivity contribution in [2.45, 2.75) is 37.6 Å². The van der Waals surface area contributed by atoms with Crippen LogP contribution >= 0.6 is 0 Å². The van der Waals surface area contributed by atoms with Crippen LogP contribution in [0.25, 0.3) is 0 Å². The highest BCUT2D eigenvalue weighted by atomic mass is 16.2. The van der Waals surface area contributed by atoms with Crippen molar-refractivity contribution in [3.8, 4) is 0 Å². The molecule has 1 aliphatic heterocycles. The summed E-state index contributed by atoms with van der Waals surface area (Å²) in [6.45, 7) is 3.40. The number of hydrogen-bond donors (Lipinski definition) is 1. The van der Waals surface area contributed by atoms with Crippen molar-refractivity contribution in [2.24, 2.45) is 5.73 Å². The van der Waals surface area contributed by atoms with E-state index in [0.717, 1.165) is 19.3 Å². The van der Waals surface area contributed by atoms with Crippen LogP contribution in [0, 0.1) is 0 Å². The fourth-order valence-electron chi connectivity index (χ4n) is 3.21. The summed E-state index contributed by atoms with van der Waals surface area (Å²) in [4.78, 5) is 14.4. The van der Waals surface area contributed by atoms with Gasteiger partial charge in [-0.1, -0.05) is 24.3 Å². The van der Waals surface area contributed by atoms with Gasteiger partial charge in [-0.25, -0.2) is 0 Å². The maximum Gasteiger partial charge on any atom is 0.230 e. The molecule has 1 saturated heterocycles. The molecule has 96 valence electrons. The Balaban J connectivity index is 1.80. The monoisotopic (exact) mass is 244 g/mol. The molecule has 1 aliphatic carbocycles. The standard InChI is InChI=1S/C15H20N2O/c1-15(16)9-17(10-15)14(18)13-8-4-6-11-5-2-3-7-12(11)13/h2-3,5,7,13H,4,6,8-10,16H2,1H3. The number of hydrogen-bond acceptors (Lipinski definition) is 2. The number of benzene rings is 1. The SMILES string of the molecule is CC1(N)CN(C(=O)C2CCCc3ccccc32)C1. The second-order valence-electron chi connectivity index (χ2n) is 5.99. The second kappa shape index (κ2) is 4.09. The van der Waals surface area contributed by atoms with E-state index >= 15 is 0 Å². The molecule has 0 saturated carbocycles. The molecule has 3 nitrogen and oxygen atoms in total. The molecular weight excluding hydrogens is 224 g/mol. The molecule has 1 aromatic carbocycles. The van der Waals surface area contributed by atoms with Gasteiger partial charge >= 0.3 is 0 Å². The summed E-state index contributed by atoms with van der Waals surface area (Å²) in [5.74, 6) is 0.330. The molecule has 0 radical (unpaired) electrons. The first kappa shape index (κ1) is 11.7. The first-order valence-corrected chi connectivity index (χ1v) is 6.72. The molecule has 1 fully saturated rings. The summed E-state index contributed by atoms with van der Waals surface area (Å²) in [5.41, 5.74) is 8.38. The lowest BCUT2D eigenvalue weighted by Gasteiger charge is -2.47. The van der Waals surface area contributed by atoms with E-state index in [1.807, 2.05) is 17.9 Å². The second-order valence-corrected chi connectivity index (χ2v) is 5.99. The number of amides is 1. The van der Waals surface area contributed by atoms with Gasteiger partial charge in [-0.05, 0) is 37.3 Å². The Bertz CT molecular complexity index is 473. The molecule has 0 spiro atoms. The Morgan fingerprint density at radius 2 is 2.11 bits per heavy atom. The minimum Gasteiger partial charge on any atom is -0.338 e. The summed E-state index contributed by atoms with van der Waals surface area (Å²) in [5, 5.41) is 0. The maximum atomic E-state index is 12.5. The first-order valence-electron chi connectivity index (χ1n) is 6.72. The maximum absolute atomic E-state index is 12.5. The molecule has 1 amide bonds. The Labute approximate surface area is 108 Å². The minimum absolute atomic E-state index is 0.0612. The Morgan fingerprint density at radius 1 is 1.39 bits per heavy atom. The van der Waals surface area contributed by atoms with Crippen LogP contribution in [-0.2, 0) is 11.2 Å². The zero-order valence-corrected chi connectivity index (χ0v) is 10.9. The van der Waals surface area contributed by atoms with E-state index in [2.05, 4.69) is 18.2 Å². The van der Waals surface area contributed by atoms with E-state index in [9.17, 15) is 4.79 Å². The lowest BCUT2D eigenvalue weighted by Crippen LogP contribution is -2.67. The predicted molar refractivity (Wildman–Crippen MR) is 71.3 cm³/mol. The highest BCUT2D eigenvalue weighted by Gasteiger charge is 2.41. The van der Waals surface area contributed by atoms with E-state index in [0.29, 0.717) is 13.1 Å². The van der Waals surface area contributed by atoms with Crippen molar-refractivity contribution in [1.29, 1.82) is 0 Å². The first-order chi connectivity index (χ1) is 8.57. The van der Waals surface area contributed by atoms with Crippen LogP contribution in [0.2, 0.25) is 0 Å². The van der Waals surface area contributed by atoms with E-state index in [1.54, 1.807) is 0 Å². The van der Waals surface area contributed by atoms with Gasteiger partial charge in [0, 0.05) is 18.6 Å². The molecule has 1 atom stereocenters. The van der Waals surface area contributed by atoms with Gasteiger partial charge in [0.05, 0.1) is 5.92 Å². The van der Waals surface area contributed by atoms with Gasteiger partial charge in [0.25, 0.3) is 0 Å². The van der Waals surface area contributed by atoms with E-state index in [1.165, 1.54) is 11.1 Å². The third-order valence-electron chi connectivity index (χ3n) is 4.08. The third kappa shape index (κ3) is 1.93. The van der Waals surface area contributed by atoms with Crippen molar-refractivity contribution in [2.75, 3.05) is 13.1 Å². The molecule has 3 heteroatoms. The lowest BCUT2D eigenvalue weighted by atomic mass is 9.80. The third-order valence-corrected chi connectivity index (χ3v) is 4.08. The number of aryl methyl sites for hydroxylation is 1. The van der Waals surface area contributed by atoms with Gasteiger partial charge in [0.1, 0.15) is 0 Å². The largest absolute Gasteiger partial charge is 0.338 e. The number of fused-ring (bicyclic) bond motifs is 1. The molecule has 1 aromatic rings. The molecule has 0 bridgehead atoms. The zero-order chi connectivity index (χ0) is 12.8. The molecular formula is C15H20N2O. The number of carbonyl (C=O) groups is 1. The minimum atomic E-state index is -0.177. The van der Waals surface area contributed by atoms with Gasteiger partial charge in [-0.2, -0.15) is 0 Å². The Hall–Kier alpha value is -1.35. The quantitative estimate of drug-likeness (QED) is 0.816. The topological polar surface area (TPSA) is 46.3 Å². The number of rotatable bonds is 1. The van der Waals surface area contributed by atoms with Crippen molar-refractivity contribution < 1.29 is 4.79 Å².